The molecule has 2 aromatic rings. The van der Waals surface area contributed by atoms with E-state index >= 15 is 0 Å². The van der Waals surface area contributed by atoms with Crippen LogP contribution >= 0.6 is 11.6 Å². The van der Waals surface area contributed by atoms with Crippen LogP contribution in [0.25, 0.3) is 11.4 Å². The number of rotatable bonds is 4. The summed E-state index contributed by atoms with van der Waals surface area (Å²) >= 11 is 5.44. The monoisotopic (exact) mass is 265 g/mol. The minimum absolute atomic E-state index is 0.0725. The zero-order valence-electron chi connectivity index (χ0n) is 9.80. The van der Waals surface area contributed by atoms with Crippen LogP contribution in [0.15, 0.2) is 24.3 Å². The van der Waals surface area contributed by atoms with E-state index in [-0.39, 0.29) is 11.8 Å². The predicted molar refractivity (Wildman–Crippen MR) is 68.3 cm³/mol. The third-order valence-electron chi connectivity index (χ3n) is 2.36. The number of amides is 1. The van der Waals surface area contributed by atoms with Crippen LogP contribution in [0.3, 0.4) is 0 Å². The Bertz CT molecular complexity index is 554. The molecular weight excluding hydrogens is 254 g/mol. The van der Waals surface area contributed by atoms with Gasteiger partial charge in [0.2, 0.25) is 5.91 Å². The average molecular weight is 266 g/mol. The fourth-order valence-corrected chi connectivity index (χ4v) is 1.62. The first-order chi connectivity index (χ1) is 8.74. The van der Waals surface area contributed by atoms with Crippen LogP contribution in [-0.4, -0.2) is 32.0 Å². The number of tetrazole rings is 1. The van der Waals surface area contributed by atoms with Gasteiger partial charge in [0, 0.05) is 17.8 Å². The SMILES string of the molecule is CCn1nnnc1-c1cccc(NC(=O)CCl)c1. The van der Waals surface area contributed by atoms with Crippen LogP contribution < -0.4 is 5.32 Å². The Morgan fingerprint density at radius 2 is 2.33 bits per heavy atom. The van der Waals surface area contributed by atoms with Crippen LogP contribution in [0.1, 0.15) is 6.92 Å². The third-order valence-corrected chi connectivity index (χ3v) is 2.60. The summed E-state index contributed by atoms with van der Waals surface area (Å²) in [5, 5.41) is 14.1. The Balaban J connectivity index is 2.30. The fourth-order valence-electron chi connectivity index (χ4n) is 1.55. The van der Waals surface area contributed by atoms with Crippen LogP contribution in [0.4, 0.5) is 5.69 Å². The van der Waals surface area contributed by atoms with Crippen molar-refractivity contribution in [1.29, 1.82) is 0 Å². The van der Waals surface area contributed by atoms with E-state index < -0.39 is 0 Å². The first-order valence-electron chi connectivity index (χ1n) is 5.47. The number of nitrogens with one attached hydrogen (secondary N) is 1. The maximum atomic E-state index is 11.2. The first kappa shape index (κ1) is 12.5. The molecule has 18 heavy (non-hydrogen) atoms. The highest BCUT2D eigenvalue weighted by molar-refractivity contribution is 6.29. The van der Waals surface area contributed by atoms with Crippen molar-refractivity contribution in [3.8, 4) is 11.4 Å². The summed E-state index contributed by atoms with van der Waals surface area (Å²) < 4.78 is 1.68. The third kappa shape index (κ3) is 2.65. The van der Waals surface area contributed by atoms with E-state index in [0.29, 0.717) is 18.1 Å². The van der Waals surface area contributed by atoms with Gasteiger partial charge < -0.3 is 5.32 Å². The molecule has 1 heterocycles. The van der Waals surface area contributed by atoms with Gasteiger partial charge in [-0.2, -0.15) is 0 Å². The van der Waals surface area contributed by atoms with E-state index in [1.54, 1.807) is 10.7 Å². The number of aryl methyl sites for hydroxylation is 1. The molecule has 2 rings (SSSR count). The van der Waals surface area contributed by atoms with Crippen molar-refractivity contribution in [2.45, 2.75) is 13.5 Å². The van der Waals surface area contributed by atoms with Crippen molar-refractivity contribution in [2.24, 2.45) is 0 Å². The summed E-state index contributed by atoms with van der Waals surface area (Å²) in [6.07, 6.45) is 0. The number of carbonyl (C=O) groups is 1. The normalized spacial score (nSPS) is 10.3. The largest absolute Gasteiger partial charge is 0.325 e. The van der Waals surface area contributed by atoms with Crippen LogP contribution in [0, 0.1) is 0 Å². The summed E-state index contributed by atoms with van der Waals surface area (Å²) in [6, 6.07) is 7.30. The molecule has 7 heteroatoms. The number of nitrogens with zero attached hydrogens (tertiary/aromatic N) is 4. The maximum absolute atomic E-state index is 11.2. The lowest BCUT2D eigenvalue weighted by Gasteiger charge is -2.05. The molecule has 94 valence electrons. The second kappa shape index (κ2) is 5.59. The van der Waals surface area contributed by atoms with E-state index in [4.69, 9.17) is 11.6 Å². The molecule has 1 amide bonds. The highest BCUT2D eigenvalue weighted by Gasteiger charge is 2.08. The van der Waals surface area contributed by atoms with Crippen LogP contribution in [0.2, 0.25) is 0 Å². The summed E-state index contributed by atoms with van der Waals surface area (Å²) in [7, 11) is 0. The second-order valence-corrected chi connectivity index (χ2v) is 3.85. The fraction of sp³-hybridized carbons (Fsp3) is 0.273. The molecule has 0 bridgehead atoms. The molecule has 0 aliphatic rings. The Kier molecular flexibility index (Phi) is 3.88. The lowest BCUT2D eigenvalue weighted by atomic mass is 10.2. The number of benzene rings is 1. The average Bonchev–Trinajstić information content (AvgIpc) is 2.87. The van der Waals surface area contributed by atoms with Crippen molar-refractivity contribution in [3.05, 3.63) is 24.3 Å². The number of hydrogen-bond donors (Lipinski definition) is 1. The predicted octanol–water partition coefficient (Wildman–Crippen LogP) is 1.54. The molecule has 0 unspecified atom stereocenters. The number of hydrogen-bond acceptors (Lipinski definition) is 4. The van der Waals surface area contributed by atoms with Crippen molar-refractivity contribution < 1.29 is 4.79 Å². The van der Waals surface area contributed by atoms with Gasteiger partial charge in [-0.1, -0.05) is 12.1 Å². The van der Waals surface area contributed by atoms with Crippen molar-refractivity contribution >= 4 is 23.2 Å². The number of aromatic nitrogens is 4. The molecule has 0 atom stereocenters. The van der Waals surface area contributed by atoms with Gasteiger partial charge in [-0.25, -0.2) is 4.68 Å². The van der Waals surface area contributed by atoms with E-state index in [1.807, 2.05) is 25.1 Å². The number of carbonyl (C=O) groups excluding carboxylic acids is 1. The molecule has 1 N–H and O–H groups in total. The number of alkyl halides is 1. The summed E-state index contributed by atoms with van der Waals surface area (Å²) in [5.41, 5.74) is 1.51. The van der Waals surface area contributed by atoms with Gasteiger partial charge >= 0.3 is 0 Å². The molecule has 0 radical (unpaired) electrons. The van der Waals surface area contributed by atoms with E-state index in [1.165, 1.54) is 0 Å². The van der Waals surface area contributed by atoms with Crippen molar-refractivity contribution in [3.63, 3.8) is 0 Å². The number of anilines is 1. The zero-order chi connectivity index (χ0) is 13.0. The molecule has 0 saturated heterocycles. The van der Waals surface area contributed by atoms with Crippen LogP contribution in [0.5, 0.6) is 0 Å². The lowest BCUT2D eigenvalue weighted by Crippen LogP contribution is -2.12. The quantitative estimate of drug-likeness (QED) is 0.851. The highest BCUT2D eigenvalue weighted by Crippen LogP contribution is 2.20. The van der Waals surface area contributed by atoms with Gasteiger partial charge in [0.15, 0.2) is 5.82 Å². The van der Waals surface area contributed by atoms with Gasteiger partial charge in [0.1, 0.15) is 5.88 Å². The Morgan fingerprint density at radius 1 is 1.50 bits per heavy atom. The topological polar surface area (TPSA) is 72.7 Å². The summed E-state index contributed by atoms with van der Waals surface area (Å²) in [5.74, 6) is 0.347. The standard InChI is InChI=1S/C11H12ClN5O/c1-2-17-11(14-15-16-17)8-4-3-5-9(6-8)13-10(18)7-12/h3-6H,2,7H2,1H3,(H,13,18). The van der Waals surface area contributed by atoms with Crippen LogP contribution in [-0.2, 0) is 11.3 Å². The molecule has 0 fully saturated rings. The minimum Gasteiger partial charge on any atom is -0.325 e. The molecule has 1 aromatic heterocycles. The Morgan fingerprint density at radius 3 is 3.06 bits per heavy atom. The summed E-state index contributed by atoms with van der Waals surface area (Å²) in [4.78, 5) is 11.2. The van der Waals surface area contributed by atoms with Gasteiger partial charge in [-0.05, 0) is 29.5 Å². The molecule has 0 saturated carbocycles. The van der Waals surface area contributed by atoms with Gasteiger partial charge in [0.25, 0.3) is 0 Å². The Hall–Kier alpha value is -1.95. The molecule has 0 aliphatic carbocycles. The molecular formula is C11H12ClN5O. The zero-order valence-corrected chi connectivity index (χ0v) is 10.6. The summed E-state index contributed by atoms with van der Waals surface area (Å²) in [6.45, 7) is 2.64. The van der Waals surface area contributed by atoms with Crippen molar-refractivity contribution in [1.82, 2.24) is 20.2 Å². The highest BCUT2D eigenvalue weighted by atomic mass is 35.5. The lowest BCUT2D eigenvalue weighted by molar-refractivity contribution is -0.113. The van der Waals surface area contributed by atoms with E-state index in [9.17, 15) is 4.79 Å². The van der Waals surface area contributed by atoms with Gasteiger partial charge in [-0.15, -0.1) is 16.7 Å². The van der Waals surface area contributed by atoms with Gasteiger partial charge in [0.05, 0.1) is 0 Å². The van der Waals surface area contributed by atoms with Gasteiger partial charge in [-0.3, -0.25) is 4.79 Å². The minimum atomic E-state index is -0.246. The van der Waals surface area contributed by atoms with Crippen molar-refractivity contribution in [2.75, 3.05) is 11.2 Å². The first-order valence-corrected chi connectivity index (χ1v) is 6.00. The van der Waals surface area contributed by atoms with E-state index in [0.717, 1.165) is 5.56 Å². The van der Waals surface area contributed by atoms with E-state index in [2.05, 4.69) is 20.8 Å². The molecule has 0 spiro atoms. The molecule has 6 nitrogen and oxygen atoms in total. The second-order valence-electron chi connectivity index (χ2n) is 3.58. The smallest absolute Gasteiger partial charge is 0.239 e. The molecule has 0 aliphatic heterocycles. The molecule has 1 aromatic carbocycles. The number of halogens is 1. The maximum Gasteiger partial charge on any atom is 0.239 e. The Labute approximate surface area is 109 Å².